The molecule has 6 nitrogen and oxygen atoms in total. The van der Waals surface area contributed by atoms with E-state index in [1.807, 2.05) is 55.5 Å². The molecule has 1 aliphatic heterocycles. The summed E-state index contributed by atoms with van der Waals surface area (Å²) in [4.78, 5) is 18.1. The fraction of sp³-hybridized carbons (Fsp3) is 0.233. The summed E-state index contributed by atoms with van der Waals surface area (Å²) in [6.07, 6.45) is 0. The van der Waals surface area contributed by atoms with Crippen LogP contribution >= 0.6 is 11.8 Å². The molecule has 0 aliphatic carbocycles. The Morgan fingerprint density at radius 3 is 2.47 bits per heavy atom. The van der Waals surface area contributed by atoms with E-state index in [0.29, 0.717) is 39.6 Å². The summed E-state index contributed by atoms with van der Waals surface area (Å²) in [6, 6.07) is 24.0. The fourth-order valence-electron chi connectivity index (χ4n) is 4.39. The molecule has 0 radical (unpaired) electrons. The second-order valence-electron chi connectivity index (χ2n) is 9.49. The Morgan fingerprint density at radius 2 is 1.76 bits per heavy atom. The summed E-state index contributed by atoms with van der Waals surface area (Å²) in [5, 5.41) is 8.46. The number of rotatable bonds is 8. The molecule has 1 aliphatic rings. The molecule has 1 N–H and O–H groups in total. The van der Waals surface area contributed by atoms with Gasteiger partial charge in [-0.2, -0.15) is 4.98 Å². The zero-order valence-corrected chi connectivity index (χ0v) is 22.3. The second kappa shape index (κ2) is 11.2. The van der Waals surface area contributed by atoms with Crippen molar-refractivity contribution >= 4 is 23.7 Å². The highest BCUT2D eigenvalue weighted by atomic mass is 32.2. The molecule has 38 heavy (non-hydrogen) atoms. The van der Waals surface area contributed by atoms with Crippen LogP contribution in [0.2, 0.25) is 0 Å². The van der Waals surface area contributed by atoms with Crippen LogP contribution < -0.4 is 5.32 Å². The molecule has 194 valence electrons. The van der Waals surface area contributed by atoms with Gasteiger partial charge in [0.25, 0.3) is 0 Å². The number of carbonyl (C=O) groups excluding carboxylic acids is 1. The number of fused-ring (bicyclic) bond motifs is 1. The van der Waals surface area contributed by atoms with Crippen LogP contribution in [0.1, 0.15) is 55.0 Å². The summed E-state index contributed by atoms with van der Waals surface area (Å²) in [7, 11) is 0. The maximum absolute atomic E-state index is 14.1. The normalized spacial score (nSPS) is 14.8. The lowest BCUT2D eigenvalue weighted by Gasteiger charge is -2.28. The molecule has 0 saturated carbocycles. The summed E-state index contributed by atoms with van der Waals surface area (Å²) >= 11 is 1.35. The molecular weight excluding hydrogens is 499 g/mol. The number of benzene rings is 3. The maximum atomic E-state index is 14.1. The first-order valence-corrected chi connectivity index (χ1v) is 13.5. The van der Waals surface area contributed by atoms with Gasteiger partial charge in [0, 0.05) is 11.4 Å². The SMILES string of the molecule is CC1=C(C(=O)OCc2ccccc2)C(c2ccc(C(C)C)cc2)n2nc(SCc3ccccc3F)nc2N1. The Morgan fingerprint density at radius 1 is 1.05 bits per heavy atom. The number of hydrogen-bond donors (Lipinski definition) is 1. The molecule has 0 amide bonds. The third kappa shape index (κ3) is 5.50. The molecule has 4 aromatic rings. The zero-order valence-electron chi connectivity index (χ0n) is 21.5. The first kappa shape index (κ1) is 25.7. The predicted molar refractivity (Wildman–Crippen MR) is 147 cm³/mol. The van der Waals surface area contributed by atoms with Crippen LogP contribution in [-0.2, 0) is 21.9 Å². The number of ether oxygens (including phenoxy) is 1. The van der Waals surface area contributed by atoms with E-state index < -0.39 is 12.0 Å². The highest BCUT2D eigenvalue weighted by Gasteiger charge is 2.35. The number of nitrogens with one attached hydrogen (secondary N) is 1. The lowest BCUT2D eigenvalue weighted by atomic mass is 9.93. The van der Waals surface area contributed by atoms with Gasteiger partial charge in [0.1, 0.15) is 18.5 Å². The number of aromatic nitrogens is 3. The molecule has 1 atom stereocenters. The molecule has 1 aromatic heterocycles. The van der Waals surface area contributed by atoms with Crippen LogP contribution in [0.5, 0.6) is 0 Å². The van der Waals surface area contributed by atoms with E-state index in [-0.39, 0.29) is 12.4 Å². The number of hydrogen-bond acceptors (Lipinski definition) is 6. The van der Waals surface area contributed by atoms with E-state index in [1.165, 1.54) is 23.4 Å². The lowest BCUT2D eigenvalue weighted by Crippen LogP contribution is -2.29. The molecule has 8 heteroatoms. The van der Waals surface area contributed by atoms with Crippen LogP contribution in [0, 0.1) is 5.82 Å². The number of nitrogens with zero attached hydrogens (tertiary/aromatic N) is 3. The van der Waals surface area contributed by atoms with Crippen molar-refractivity contribution in [2.24, 2.45) is 0 Å². The van der Waals surface area contributed by atoms with Crippen molar-refractivity contribution in [1.82, 2.24) is 14.8 Å². The Kier molecular flexibility index (Phi) is 7.60. The molecule has 1 unspecified atom stereocenters. The van der Waals surface area contributed by atoms with Gasteiger partial charge in [0.15, 0.2) is 0 Å². The van der Waals surface area contributed by atoms with E-state index in [4.69, 9.17) is 9.84 Å². The average Bonchev–Trinajstić information content (AvgIpc) is 3.33. The topological polar surface area (TPSA) is 69.0 Å². The van der Waals surface area contributed by atoms with Crippen LogP contribution in [0.25, 0.3) is 0 Å². The minimum Gasteiger partial charge on any atom is -0.457 e. The largest absolute Gasteiger partial charge is 0.457 e. The maximum Gasteiger partial charge on any atom is 0.338 e. The third-order valence-corrected chi connectivity index (χ3v) is 7.39. The van der Waals surface area contributed by atoms with Gasteiger partial charge in [-0.05, 0) is 41.2 Å². The highest BCUT2D eigenvalue weighted by molar-refractivity contribution is 7.98. The Bertz CT molecular complexity index is 1470. The fourth-order valence-corrected chi connectivity index (χ4v) is 5.20. The van der Waals surface area contributed by atoms with Crippen molar-refractivity contribution in [3.05, 3.63) is 118 Å². The zero-order chi connectivity index (χ0) is 26.6. The van der Waals surface area contributed by atoms with Gasteiger partial charge in [-0.15, -0.1) is 5.10 Å². The molecular formula is C30H29FN4O2S. The highest BCUT2D eigenvalue weighted by Crippen LogP contribution is 2.37. The van der Waals surface area contributed by atoms with Crippen molar-refractivity contribution in [3.63, 3.8) is 0 Å². The van der Waals surface area contributed by atoms with E-state index in [9.17, 15) is 9.18 Å². The number of anilines is 1. The van der Waals surface area contributed by atoms with Crippen molar-refractivity contribution < 1.29 is 13.9 Å². The number of thioether (sulfide) groups is 1. The predicted octanol–water partition coefficient (Wildman–Crippen LogP) is 6.87. The van der Waals surface area contributed by atoms with E-state index in [2.05, 4.69) is 36.3 Å². The molecule has 0 saturated heterocycles. The Hall–Kier alpha value is -3.91. The lowest BCUT2D eigenvalue weighted by molar-refractivity contribution is -0.140. The average molecular weight is 529 g/mol. The first-order valence-electron chi connectivity index (χ1n) is 12.5. The van der Waals surface area contributed by atoms with E-state index >= 15 is 0 Å². The quantitative estimate of drug-likeness (QED) is 0.199. The molecule has 0 bridgehead atoms. The minimum absolute atomic E-state index is 0.170. The first-order chi connectivity index (χ1) is 18.4. The number of carbonyl (C=O) groups is 1. The minimum atomic E-state index is -0.522. The summed E-state index contributed by atoms with van der Waals surface area (Å²) in [5.41, 5.74) is 4.73. The van der Waals surface area contributed by atoms with Crippen molar-refractivity contribution in [2.45, 2.75) is 50.2 Å². The van der Waals surface area contributed by atoms with Crippen LogP contribution in [0.4, 0.5) is 10.3 Å². The number of esters is 1. The van der Waals surface area contributed by atoms with Crippen LogP contribution in [0.3, 0.4) is 0 Å². The molecule has 0 fully saturated rings. The van der Waals surface area contributed by atoms with Crippen LogP contribution in [-0.4, -0.2) is 20.7 Å². The molecule has 2 heterocycles. The number of halogens is 1. The Balaban J connectivity index is 1.46. The third-order valence-electron chi connectivity index (χ3n) is 6.50. The summed E-state index contributed by atoms with van der Waals surface area (Å²) in [6.45, 7) is 6.30. The van der Waals surface area contributed by atoms with E-state index in [1.54, 1.807) is 16.8 Å². The smallest absolute Gasteiger partial charge is 0.338 e. The summed E-state index contributed by atoms with van der Waals surface area (Å²) in [5.74, 6) is 0.621. The van der Waals surface area contributed by atoms with Gasteiger partial charge in [-0.25, -0.2) is 13.9 Å². The van der Waals surface area contributed by atoms with Crippen molar-refractivity contribution in [2.75, 3.05) is 5.32 Å². The van der Waals surface area contributed by atoms with Gasteiger partial charge in [0.05, 0.1) is 5.57 Å². The number of allylic oxidation sites excluding steroid dienone is 1. The van der Waals surface area contributed by atoms with Gasteiger partial charge >= 0.3 is 5.97 Å². The Labute approximate surface area is 225 Å². The van der Waals surface area contributed by atoms with Crippen molar-refractivity contribution in [3.8, 4) is 0 Å². The van der Waals surface area contributed by atoms with Gasteiger partial charge in [-0.3, -0.25) is 0 Å². The monoisotopic (exact) mass is 528 g/mol. The van der Waals surface area contributed by atoms with Gasteiger partial charge < -0.3 is 10.1 Å². The van der Waals surface area contributed by atoms with E-state index in [0.717, 1.165) is 11.1 Å². The summed E-state index contributed by atoms with van der Waals surface area (Å²) < 4.78 is 21.6. The molecule has 3 aromatic carbocycles. The molecule has 5 rings (SSSR count). The van der Waals surface area contributed by atoms with Gasteiger partial charge in [0.2, 0.25) is 11.1 Å². The van der Waals surface area contributed by atoms with Crippen molar-refractivity contribution in [1.29, 1.82) is 0 Å². The second-order valence-corrected chi connectivity index (χ2v) is 10.4. The standard InChI is InChI=1S/C30H29FN4O2S/c1-19(2)22-13-15-23(16-14-22)27-26(28(36)37-17-21-9-5-4-6-10-21)20(3)32-29-33-30(34-35(27)29)38-18-24-11-7-8-12-25(24)31/h4-16,19,27H,17-18H2,1-3H3,(H,32,33,34). The van der Waals surface area contributed by atoms with Crippen LogP contribution in [0.15, 0.2) is 95.3 Å². The molecule has 0 spiro atoms. The van der Waals surface area contributed by atoms with Gasteiger partial charge in [-0.1, -0.05) is 98.4 Å².